The van der Waals surface area contributed by atoms with Crippen molar-refractivity contribution < 1.29 is 14.4 Å². The number of hydrogen-bond acceptors (Lipinski definition) is 7. The van der Waals surface area contributed by atoms with Crippen LogP contribution in [-0.2, 0) is 6.61 Å². The van der Waals surface area contributed by atoms with Gasteiger partial charge >= 0.3 is 5.69 Å². The lowest BCUT2D eigenvalue weighted by Crippen LogP contribution is -2.21. The highest BCUT2D eigenvalue weighted by Gasteiger charge is 2.22. The summed E-state index contributed by atoms with van der Waals surface area (Å²) in [6.07, 6.45) is 1.38. The Balaban J connectivity index is 1.60. The van der Waals surface area contributed by atoms with Crippen LogP contribution in [0.1, 0.15) is 48.9 Å². The molecular weight excluding hydrogens is 695 g/mol. The van der Waals surface area contributed by atoms with Gasteiger partial charge in [-0.25, -0.2) is 4.98 Å². The molecule has 0 amide bonds. The maximum Gasteiger partial charge on any atom is 0.312 e. The van der Waals surface area contributed by atoms with Gasteiger partial charge in [0.15, 0.2) is 5.82 Å². The van der Waals surface area contributed by atoms with Crippen LogP contribution < -0.4 is 15.0 Å². The molecule has 0 aliphatic carbocycles. The monoisotopic (exact) mass is 722 g/mol. The molecule has 9 nitrogen and oxygen atoms in total. The second kappa shape index (κ2) is 14.0. The third-order valence-corrected chi connectivity index (χ3v) is 8.53. The highest BCUT2D eigenvalue weighted by Crippen LogP contribution is 2.38. The molecule has 0 saturated carbocycles. The number of para-hydroxylation sites is 1. The van der Waals surface area contributed by atoms with Crippen molar-refractivity contribution in [2.45, 2.75) is 40.2 Å². The van der Waals surface area contributed by atoms with Gasteiger partial charge < -0.3 is 9.47 Å². The number of fused-ring (bicyclic) bond motifs is 1. The summed E-state index contributed by atoms with van der Waals surface area (Å²) in [7, 11) is 0. The summed E-state index contributed by atoms with van der Waals surface area (Å²) < 4.78 is 13.3. The Hall–Kier alpha value is -4.25. The van der Waals surface area contributed by atoms with Crippen LogP contribution in [0.15, 0.2) is 81.1 Å². The van der Waals surface area contributed by atoms with Crippen molar-refractivity contribution >= 4 is 61.9 Å². The van der Waals surface area contributed by atoms with Crippen LogP contribution in [0.4, 0.5) is 5.69 Å². The van der Waals surface area contributed by atoms with Crippen LogP contribution in [0.2, 0.25) is 10.0 Å². The lowest BCUT2D eigenvalue weighted by molar-refractivity contribution is -0.386. The van der Waals surface area contributed by atoms with E-state index >= 15 is 0 Å². The summed E-state index contributed by atoms with van der Waals surface area (Å²) in [6, 6.07) is 18.9. The van der Waals surface area contributed by atoms with Crippen LogP contribution in [0.3, 0.4) is 0 Å². The molecule has 0 spiro atoms. The Morgan fingerprint density at radius 3 is 2.52 bits per heavy atom. The molecule has 1 aromatic heterocycles. The molecule has 0 fully saturated rings. The van der Waals surface area contributed by atoms with Crippen molar-refractivity contribution in [3.63, 3.8) is 0 Å². The number of nitro benzene ring substituents is 1. The van der Waals surface area contributed by atoms with Gasteiger partial charge in [-0.2, -0.15) is 9.78 Å². The van der Waals surface area contributed by atoms with E-state index in [1.807, 2.05) is 32.0 Å². The molecule has 0 unspecified atom stereocenters. The molecule has 236 valence electrons. The molecule has 0 saturated heterocycles. The number of halogens is 3. The molecule has 46 heavy (non-hydrogen) atoms. The van der Waals surface area contributed by atoms with E-state index in [1.54, 1.807) is 42.5 Å². The van der Waals surface area contributed by atoms with Crippen LogP contribution in [0.25, 0.3) is 22.3 Å². The van der Waals surface area contributed by atoms with Gasteiger partial charge in [0.2, 0.25) is 5.75 Å². The van der Waals surface area contributed by atoms with E-state index in [9.17, 15) is 14.9 Å². The Bertz CT molecular complexity index is 2060. The van der Waals surface area contributed by atoms with Crippen molar-refractivity contribution in [3.05, 3.63) is 124 Å². The summed E-state index contributed by atoms with van der Waals surface area (Å²) in [4.78, 5) is 30.2. The van der Waals surface area contributed by atoms with Crippen molar-refractivity contribution in [1.82, 2.24) is 9.66 Å². The zero-order chi connectivity index (χ0) is 33.1. The first-order valence-electron chi connectivity index (χ1n) is 14.4. The average molecular weight is 724 g/mol. The van der Waals surface area contributed by atoms with E-state index < -0.39 is 4.92 Å². The largest absolute Gasteiger partial charge is 0.494 e. The van der Waals surface area contributed by atoms with Gasteiger partial charge in [-0.1, -0.05) is 55.2 Å². The lowest BCUT2D eigenvalue weighted by Gasteiger charge is -2.18. The quantitative estimate of drug-likeness (QED) is 0.0807. The Labute approximate surface area is 283 Å². The number of hydrogen-bond donors (Lipinski definition) is 0. The van der Waals surface area contributed by atoms with Crippen molar-refractivity contribution in [2.75, 3.05) is 6.61 Å². The topological polar surface area (TPSA) is 109 Å². The van der Waals surface area contributed by atoms with Crippen molar-refractivity contribution in [3.8, 4) is 22.9 Å². The van der Waals surface area contributed by atoms with E-state index in [-0.39, 0.29) is 29.5 Å². The SMILES string of the molecule is CCOc1cc(C)c(-c2nc3ccccc3c(=O)n2N=Cc2cc(Br)c(OCc3ccc(Cl)c(Cl)c3)c([N+](=O)[O-])c2)cc1C(C)C. The predicted octanol–water partition coefficient (Wildman–Crippen LogP) is 9.33. The zero-order valence-corrected chi connectivity index (χ0v) is 28.5. The van der Waals surface area contributed by atoms with Gasteiger partial charge in [-0.05, 0) is 94.9 Å². The minimum absolute atomic E-state index is 0.0189. The molecule has 5 aromatic rings. The maximum absolute atomic E-state index is 13.8. The minimum atomic E-state index is -0.543. The minimum Gasteiger partial charge on any atom is -0.494 e. The number of benzene rings is 4. The number of nitrogens with zero attached hydrogens (tertiary/aromatic N) is 4. The fourth-order valence-electron chi connectivity index (χ4n) is 4.94. The first kappa shape index (κ1) is 33.1. The van der Waals surface area contributed by atoms with E-state index in [1.165, 1.54) is 17.0 Å². The Morgan fingerprint density at radius 2 is 1.83 bits per heavy atom. The number of rotatable bonds is 10. The van der Waals surface area contributed by atoms with Crippen LogP contribution in [-0.4, -0.2) is 27.4 Å². The smallest absolute Gasteiger partial charge is 0.312 e. The van der Waals surface area contributed by atoms with E-state index in [4.69, 9.17) is 37.7 Å². The fraction of sp³-hybridized carbons (Fsp3) is 0.206. The van der Waals surface area contributed by atoms with Gasteiger partial charge in [0, 0.05) is 17.2 Å². The predicted molar refractivity (Wildman–Crippen MR) is 186 cm³/mol. The second-order valence-corrected chi connectivity index (χ2v) is 12.4. The fourth-order valence-corrected chi connectivity index (χ4v) is 5.84. The molecule has 0 N–H and O–H groups in total. The summed E-state index contributed by atoms with van der Waals surface area (Å²) in [5, 5.41) is 17.8. The highest BCUT2D eigenvalue weighted by molar-refractivity contribution is 9.10. The van der Waals surface area contributed by atoms with E-state index in [2.05, 4.69) is 34.9 Å². The first-order chi connectivity index (χ1) is 22.0. The molecule has 0 atom stereocenters. The molecule has 12 heteroatoms. The highest BCUT2D eigenvalue weighted by atomic mass is 79.9. The summed E-state index contributed by atoms with van der Waals surface area (Å²) in [5.74, 6) is 1.28. The molecule has 0 radical (unpaired) electrons. The molecule has 5 rings (SSSR count). The molecule has 4 aromatic carbocycles. The van der Waals surface area contributed by atoms with Crippen LogP contribution in [0.5, 0.6) is 11.5 Å². The van der Waals surface area contributed by atoms with Gasteiger partial charge in [0.05, 0.1) is 43.2 Å². The Kier molecular flexibility index (Phi) is 10.1. The van der Waals surface area contributed by atoms with Crippen LogP contribution in [0, 0.1) is 17.0 Å². The van der Waals surface area contributed by atoms with Crippen molar-refractivity contribution in [2.24, 2.45) is 5.10 Å². The summed E-state index contributed by atoms with van der Waals surface area (Å²) in [6.45, 7) is 8.53. The third-order valence-electron chi connectivity index (χ3n) is 7.21. The van der Waals surface area contributed by atoms with Gasteiger partial charge in [-0.3, -0.25) is 14.9 Å². The first-order valence-corrected chi connectivity index (χ1v) is 15.9. The van der Waals surface area contributed by atoms with Crippen molar-refractivity contribution in [1.29, 1.82) is 0 Å². The van der Waals surface area contributed by atoms with Gasteiger partial charge in [0.1, 0.15) is 12.4 Å². The van der Waals surface area contributed by atoms with E-state index in [0.717, 1.165) is 16.9 Å². The number of aromatic nitrogens is 2. The lowest BCUT2D eigenvalue weighted by atomic mass is 9.96. The zero-order valence-electron chi connectivity index (χ0n) is 25.4. The third kappa shape index (κ3) is 6.94. The van der Waals surface area contributed by atoms with Crippen LogP contribution >= 0.6 is 39.1 Å². The molecule has 1 heterocycles. The number of aryl methyl sites for hydroxylation is 1. The summed E-state index contributed by atoms with van der Waals surface area (Å²) >= 11 is 15.5. The van der Waals surface area contributed by atoms with E-state index in [0.29, 0.717) is 54.5 Å². The normalized spacial score (nSPS) is 11.5. The average Bonchev–Trinajstić information content (AvgIpc) is 3.01. The standard InChI is InChI=1S/C34H29BrCl2N4O5/c1-5-45-31-12-20(4)25(16-24(31)19(2)3)33-39-29-9-7-6-8-23(29)34(42)40(33)38-17-22-13-26(35)32(30(15-22)41(43)44)46-18-21-10-11-27(36)28(37)14-21/h6-17,19H,5,18H2,1-4H3. The molecular formula is C34H29BrCl2N4O5. The molecule has 0 bridgehead atoms. The molecule has 0 aliphatic rings. The van der Waals surface area contributed by atoms with Gasteiger partial charge in [-0.15, -0.1) is 0 Å². The maximum atomic E-state index is 13.8. The number of ether oxygens (including phenoxy) is 2. The Morgan fingerprint density at radius 1 is 1.07 bits per heavy atom. The summed E-state index contributed by atoms with van der Waals surface area (Å²) in [5.41, 5.74) is 3.42. The number of nitro groups is 1. The molecule has 0 aliphatic heterocycles. The second-order valence-electron chi connectivity index (χ2n) is 10.8. The van der Waals surface area contributed by atoms with Gasteiger partial charge in [0.25, 0.3) is 5.56 Å².